The third-order valence-electron chi connectivity index (χ3n) is 4.59. The summed E-state index contributed by atoms with van der Waals surface area (Å²) >= 11 is 0. The van der Waals surface area contributed by atoms with Gasteiger partial charge in [0.25, 0.3) is 0 Å². The van der Waals surface area contributed by atoms with Gasteiger partial charge in [-0.2, -0.15) is 10.4 Å². The van der Waals surface area contributed by atoms with Crippen molar-refractivity contribution in [3.63, 3.8) is 0 Å². The van der Waals surface area contributed by atoms with Crippen LogP contribution in [0.25, 0.3) is 5.52 Å². The minimum Gasteiger partial charge on any atom is -0.387 e. The molecule has 24 heavy (non-hydrogen) atoms. The van der Waals surface area contributed by atoms with Gasteiger partial charge in [0.05, 0.1) is 5.69 Å². The lowest BCUT2D eigenvalue weighted by Crippen LogP contribution is -2.41. The van der Waals surface area contributed by atoms with E-state index < -0.39 is 23.9 Å². The average Bonchev–Trinajstić information content (AvgIpc) is 3.11. The normalized spacial score (nSPS) is 29.8. The van der Waals surface area contributed by atoms with Gasteiger partial charge < -0.3 is 20.7 Å². The summed E-state index contributed by atoms with van der Waals surface area (Å²) in [5, 5.41) is 34.6. The van der Waals surface area contributed by atoms with E-state index >= 15 is 0 Å². The third kappa shape index (κ3) is 2.51. The molecule has 4 N–H and O–H groups in total. The second kappa shape index (κ2) is 6.36. The Morgan fingerprint density at radius 1 is 1.42 bits per heavy atom. The molecule has 1 saturated heterocycles. The fraction of sp³-hybridized carbons (Fsp3) is 0.562. The van der Waals surface area contributed by atoms with Gasteiger partial charge in [-0.05, 0) is 25.0 Å². The second-order valence-corrected chi connectivity index (χ2v) is 6.13. The van der Waals surface area contributed by atoms with Crippen LogP contribution in [0.3, 0.4) is 0 Å². The number of fused-ring (bicyclic) bond motifs is 1. The van der Waals surface area contributed by atoms with E-state index in [1.807, 2.05) is 0 Å². The van der Waals surface area contributed by atoms with Gasteiger partial charge in [0.1, 0.15) is 36.2 Å². The lowest BCUT2D eigenvalue weighted by Gasteiger charge is -2.24. The molecule has 0 radical (unpaired) electrons. The molecular formula is C16H21N5O3. The number of nitrogens with two attached hydrogens (primary N) is 1. The maximum atomic E-state index is 10.5. The fourth-order valence-corrected chi connectivity index (χ4v) is 3.22. The van der Waals surface area contributed by atoms with Crippen molar-refractivity contribution in [1.82, 2.24) is 14.6 Å². The van der Waals surface area contributed by atoms with Gasteiger partial charge in [-0.1, -0.05) is 19.8 Å². The van der Waals surface area contributed by atoms with Crippen LogP contribution in [0.2, 0.25) is 0 Å². The Bertz CT molecular complexity index is 771. The largest absolute Gasteiger partial charge is 0.387 e. The average molecular weight is 331 g/mol. The molecule has 8 nitrogen and oxygen atoms in total. The van der Waals surface area contributed by atoms with Gasteiger partial charge in [0.15, 0.2) is 11.4 Å². The van der Waals surface area contributed by atoms with Crippen LogP contribution in [0.4, 0.5) is 5.82 Å². The zero-order valence-corrected chi connectivity index (χ0v) is 13.5. The molecule has 0 unspecified atom stereocenters. The van der Waals surface area contributed by atoms with Crippen LogP contribution in [-0.4, -0.2) is 42.6 Å². The Hall–Kier alpha value is -2.21. The number of hydrogen-bond donors (Lipinski definition) is 3. The summed E-state index contributed by atoms with van der Waals surface area (Å²) in [4.78, 5) is 3.92. The van der Waals surface area contributed by atoms with E-state index in [4.69, 9.17) is 10.5 Å². The van der Waals surface area contributed by atoms with Crippen molar-refractivity contribution in [2.24, 2.45) is 0 Å². The van der Waals surface area contributed by atoms with E-state index in [0.717, 1.165) is 19.3 Å². The minimum atomic E-state index is -1.41. The molecule has 1 fully saturated rings. The molecule has 4 atom stereocenters. The Morgan fingerprint density at radius 2 is 2.21 bits per heavy atom. The number of nitrogen functional groups attached to an aromatic ring is 1. The van der Waals surface area contributed by atoms with Crippen LogP contribution >= 0.6 is 0 Å². The first-order chi connectivity index (χ1) is 11.5. The summed E-state index contributed by atoms with van der Waals surface area (Å²) in [6.07, 6.45) is 0.966. The van der Waals surface area contributed by atoms with E-state index in [0.29, 0.717) is 23.4 Å². The molecule has 0 amide bonds. The lowest BCUT2D eigenvalue weighted by atomic mass is 9.90. The summed E-state index contributed by atoms with van der Waals surface area (Å²) in [7, 11) is 0. The number of rotatable bonds is 5. The number of aliphatic hydroxyl groups excluding tert-OH is 2. The molecule has 1 aliphatic rings. The van der Waals surface area contributed by atoms with Gasteiger partial charge in [-0.3, -0.25) is 0 Å². The van der Waals surface area contributed by atoms with E-state index in [9.17, 15) is 15.5 Å². The lowest BCUT2D eigenvalue weighted by molar-refractivity contribution is -0.0511. The number of unbranched alkanes of at least 4 members (excludes halogenated alkanes) is 2. The number of nitrogens with zero attached hydrogens (tertiary/aromatic N) is 4. The molecule has 0 aromatic carbocycles. The first kappa shape index (κ1) is 16.6. The summed E-state index contributed by atoms with van der Waals surface area (Å²) in [6, 6.07) is 5.50. The molecule has 2 aromatic heterocycles. The SMILES string of the molecule is CCCCC[C@]1(C#N)O[C@@H](c2ccc3c(N)ncnn23)[C@H](O)[C@@H]1O. The molecule has 1 aliphatic heterocycles. The summed E-state index contributed by atoms with van der Waals surface area (Å²) in [6.45, 7) is 2.06. The van der Waals surface area contributed by atoms with Gasteiger partial charge >= 0.3 is 0 Å². The fourth-order valence-electron chi connectivity index (χ4n) is 3.22. The van der Waals surface area contributed by atoms with Gasteiger partial charge in [0, 0.05) is 0 Å². The topological polar surface area (TPSA) is 130 Å². The molecule has 0 saturated carbocycles. The van der Waals surface area contributed by atoms with Crippen molar-refractivity contribution in [1.29, 1.82) is 5.26 Å². The predicted octanol–water partition coefficient (Wildman–Crippen LogP) is 0.947. The highest BCUT2D eigenvalue weighted by molar-refractivity contribution is 5.65. The smallest absolute Gasteiger partial charge is 0.183 e. The number of nitriles is 1. The first-order valence-electron chi connectivity index (χ1n) is 8.07. The van der Waals surface area contributed by atoms with Crippen molar-refractivity contribution in [3.8, 4) is 6.07 Å². The van der Waals surface area contributed by atoms with Crippen LogP contribution in [0, 0.1) is 11.3 Å². The molecule has 0 spiro atoms. The van der Waals surface area contributed by atoms with Gasteiger partial charge in [0.2, 0.25) is 0 Å². The van der Waals surface area contributed by atoms with E-state index in [-0.39, 0.29) is 0 Å². The van der Waals surface area contributed by atoms with Crippen LogP contribution in [0.15, 0.2) is 18.5 Å². The molecule has 0 aliphatic carbocycles. The minimum absolute atomic E-state index is 0.304. The number of ether oxygens (including phenoxy) is 1. The van der Waals surface area contributed by atoms with E-state index in [2.05, 4.69) is 23.1 Å². The highest BCUT2D eigenvalue weighted by Gasteiger charge is 2.55. The monoisotopic (exact) mass is 331 g/mol. The zero-order valence-electron chi connectivity index (χ0n) is 13.5. The summed E-state index contributed by atoms with van der Waals surface area (Å²) in [5.41, 5.74) is 5.51. The van der Waals surface area contributed by atoms with Crippen molar-refractivity contribution in [3.05, 3.63) is 24.2 Å². The predicted molar refractivity (Wildman–Crippen MR) is 85.7 cm³/mol. The Balaban J connectivity index is 1.94. The number of aromatic nitrogens is 3. The van der Waals surface area contributed by atoms with Crippen LogP contribution in [0.1, 0.15) is 44.4 Å². The highest BCUT2D eigenvalue weighted by atomic mass is 16.6. The molecule has 128 valence electrons. The van der Waals surface area contributed by atoms with Gasteiger partial charge in [-0.15, -0.1) is 0 Å². The Labute approximate surface area is 139 Å². The van der Waals surface area contributed by atoms with E-state index in [1.165, 1.54) is 10.8 Å². The second-order valence-electron chi connectivity index (χ2n) is 6.13. The molecule has 3 rings (SSSR count). The Kier molecular flexibility index (Phi) is 4.41. The Morgan fingerprint density at radius 3 is 2.92 bits per heavy atom. The molecule has 0 bridgehead atoms. The van der Waals surface area contributed by atoms with Crippen molar-refractivity contribution in [2.45, 2.75) is 56.5 Å². The van der Waals surface area contributed by atoms with Crippen LogP contribution in [0.5, 0.6) is 0 Å². The van der Waals surface area contributed by atoms with Crippen LogP contribution < -0.4 is 5.73 Å². The maximum absolute atomic E-state index is 10.5. The number of anilines is 1. The highest BCUT2D eigenvalue weighted by Crippen LogP contribution is 2.42. The van der Waals surface area contributed by atoms with Crippen LogP contribution in [-0.2, 0) is 4.74 Å². The molecule has 2 aromatic rings. The first-order valence-corrected chi connectivity index (χ1v) is 8.07. The maximum Gasteiger partial charge on any atom is 0.183 e. The number of aliphatic hydroxyl groups is 2. The summed E-state index contributed by atoms with van der Waals surface area (Å²) in [5.74, 6) is 0.304. The quantitative estimate of drug-likeness (QED) is 0.695. The zero-order chi connectivity index (χ0) is 17.3. The summed E-state index contributed by atoms with van der Waals surface area (Å²) < 4.78 is 7.39. The van der Waals surface area contributed by atoms with E-state index in [1.54, 1.807) is 12.1 Å². The molecule has 8 heteroatoms. The van der Waals surface area contributed by atoms with Gasteiger partial charge in [-0.25, -0.2) is 9.50 Å². The molecule has 3 heterocycles. The molecular weight excluding hydrogens is 310 g/mol. The standard InChI is InChI=1S/C16H21N5O3/c1-2-3-4-7-16(8-17)14(23)12(22)13(24-16)10-5-6-11-15(18)19-9-20-21(10)11/h5-6,9,12-14,22-23H,2-4,7H2,1H3,(H2,18,19,20)/t12-,13-,14-,16+/m0/s1. The number of hydrogen-bond acceptors (Lipinski definition) is 7. The third-order valence-corrected chi connectivity index (χ3v) is 4.59. The van der Waals surface area contributed by atoms with Crippen molar-refractivity contribution in [2.75, 3.05) is 5.73 Å². The van der Waals surface area contributed by atoms with Crippen molar-refractivity contribution >= 4 is 11.3 Å². The van der Waals surface area contributed by atoms with Crippen molar-refractivity contribution < 1.29 is 14.9 Å².